The molecule has 0 spiro atoms. The van der Waals surface area contributed by atoms with Gasteiger partial charge >= 0.3 is 13.5 Å². The summed E-state index contributed by atoms with van der Waals surface area (Å²) in [5.41, 5.74) is 3.94. The van der Waals surface area contributed by atoms with E-state index < -0.39 is 50.4 Å². The van der Waals surface area contributed by atoms with E-state index in [2.05, 4.69) is 21.3 Å². The van der Waals surface area contributed by atoms with Crippen LogP contribution in [0, 0.1) is 11.8 Å². The number of nitrogens with zero attached hydrogens (tertiary/aromatic N) is 1. The highest BCUT2D eigenvalue weighted by molar-refractivity contribution is 7.46. The van der Waals surface area contributed by atoms with E-state index in [0.717, 1.165) is 4.57 Å². The largest absolute Gasteiger partial charge is 0.469 e. The van der Waals surface area contributed by atoms with Gasteiger partial charge in [-0.05, 0) is 13.8 Å². The van der Waals surface area contributed by atoms with Crippen molar-refractivity contribution in [1.82, 2.24) is 9.55 Å². The normalized spacial score (nSPS) is 22.9. The van der Waals surface area contributed by atoms with E-state index in [9.17, 15) is 14.2 Å². The maximum Gasteiger partial charge on any atom is 0.469 e. The van der Waals surface area contributed by atoms with E-state index in [-0.39, 0.29) is 18.5 Å². The van der Waals surface area contributed by atoms with Crippen LogP contribution in [0.25, 0.3) is 0 Å². The molecule has 0 radical (unpaired) electrons. The number of phosphoric acid groups is 1. The Bertz CT molecular complexity index is 913. The molecule has 0 aliphatic carbocycles. The van der Waals surface area contributed by atoms with Crippen LogP contribution < -0.4 is 17.0 Å². The molecule has 4 atom stereocenters. The number of nitrogens with one attached hydrogen (secondary N) is 1. The van der Waals surface area contributed by atoms with Crippen molar-refractivity contribution in [2.45, 2.75) is 45.0 Å². The van der Waals surface area contributed by atoms with Crippen LogP contribution in [0.5, 0.6) is 0 Å². The number of aromatic amines is 1. The van der Waals surface area contributed by atoms with Crippen LogP contribution in [0.15, 0.2) is 15.8 Å². The third-order valence-electron chi connectivity index (χ3n) is 3.96. The lowest BCUT2D eigenvalue weighted by atomic mass is 10.2. The summed E-state index contributed by atoms with van der Waals surface area (Å²) in [5.74, 6) is 5.10. The first kappa shape index (κ1) is 23.5. The molecular formula is C16H24N3O9P. The van der Waals surface area contributed by atoms with E-state index in [0.29, 0.717) is 6.61 Å². The first-order valence-electron chi connectivity index (χ1n) is 8.81. The molecule has 0 bridgehead atoms. The quantitative estimate of drug-likeness (QED) is 0.226. The molecule has 2 rings (SSSR count). The lowest BCUT2D eigenvalue weighted by Crippen LogP contribution is -2.33. The lowest BCUT2D eigenvalue weighted by molar-refractivity contribution is -0.172. The van der Waals surface area contributed by atoms with Crippen LogP contribution in [-0.2, 0) is 23.3 Å². The van der Waals surface area contributed by atoms with Crippen molar-refractivity contribution in [3.8, 4) is 11.8 Å². The first-order chi connectivity index (χ1) is 13.6. The van der Waals surface area contributed by atoms with Crippen molar-refractivity contribution < 1.29 is 33.1 Å². The zero-order chi connectivity index (χ0) is 21.6. The van der Waals surface area contributed by atoms with Crippen molar-refractivity contribution in [3.63, 3.8) is 0 Å². The molecule has 29 heavy (non-hydrogen) atoms. The second kappa shape index (κ2) is 10.3. The zero-order valence-electron chi connectivity index (χ0n) is 15.9. The van der Waals surface area contributed by atoms with Gasteiger partial charge in [0.15, 0.2) is 6.29 Å². The molecule has 0 saturated carbocycles. The summed E-state index contributed by atoms with van der Waals surface area (Å²) >= 11 is 0. The van der Waals surface area contributed by atoms with Gasteiger partial charge in [-0.25, -0.2) is 9.36 Å². The molecule has 1 aromatic heterocycles. The van der Waals surface area contributed by atoms with E-state index >= 15 is 0 Å². The van der Waals surface area contributed by atoms with Crippen LogP contribution in [0.4, 0.5) is 0 Å². The fourth-order valence-electron chi connectivity index (χ4n) is 2.79. The third-order valence-corrected chi connectivity index (χ3v) is 4.44. The van der Waals surface area contributed by atoms with Gasteiger partial charge in [0.1, 0.15) is 17.9 Å². The minimum absolute atomic E-state index is 0.0220. The summed E-state index contributed by atoms with van der Waals surface area (Å²) in [6, 6.07) is 0. The van der Waals surface area contributed by atoms with Gasteiger partial charge in [0.05, 0.1) is 19.3 Å². The summed E-state index contributed by atoms with van der Waals surface area (Å²) in [4.78, 5) is 44.2. The fourth-order valence-corrected chi connectivity index (χ4v) is 3.13. The highest BCUT2D eigenvalue weighted by Crippen LogP contribution is 2.38. The van der Waals surface area contributed by atoms with E-state index in [1.807, 2.05) is 0 Å². The van der Waals surface area contributed by atoms with Gasteiger partial charge in [0, 0.05) is 19.2 Å². The van der Waals surface area contributed by atoms with Crippen LogP contribution in [0.1, 0.15) is 32.1 Å². The van der Waals surface area contributed by atoms with Crippen LogP contribution in [-0.4, -0.2) is 57.6 Å². The number of phosphoric ester groups is 1. The number of ether oxygens (including phenoxy) is 3. The van der Waals surface area contributed by atoms with Gasteiger partial charge in [-0.2, -0.15) is 0 Å². The van der Waals surface area contributed by atoms with Crippen molar-refractivity contribution in [3.05, 3.63) is 32.6 Å². The van der Waals surface area contributed by atoms with Crippen molar-refractivity contribution >= 4 is 7.82 Å². The topological polar surface area (TPSA) is 175 Å². The minimum atomic E-state index is -4.73. The molecule has 0 amide bonds. The molecule has 1 aliphatic rings. The van der Waals surface area contributed by atoms with Gasteiger partial charge in [-0.3, -0.25) is 18.9 Å². The Morgan fingerprint density at radius 1 is 1.48 bits per heavy atom. The Balaban J connectivity index is 2.28. The third kappa shape index (κ3) is 6.88. The monoisotopic (exact) mass is 433 g/mol. The number of hydrogen-bond donors (Lipinski definition) is 4. The van der Waals surface area contributed by atoms with Crippen molar-refractivity contribution in [2.75, 3.05) is 19.8 Å². The molecule has 0 aromatic carbocycles. The number of hydrogen-bond acceptors (Lipinski definition) is 8. The Morgan fingerprint density at radius 2 is 2.21 bits per heavy atom. The molecule has 162 valence electrons. The van der Waals surface area contributed by atoms with Gasteiger partial charge in [0.2, 0.25) is 0 Å². The predicted octanol–water partition coefficient (Wildman–Crippen LogP) is -0.989. The fraction of sp³-hybridized carbons (Fsp3) is 0.625. The molecule has 1 aromatic rings. The smallest absolute Gasteiger partial charge is 0.353 e. The summed E-state index contributed by atoms with van der Waals surface area (Å²) in [6.07, 6.45) is -1.71. The lowest BCUT2D eigenvalue weighted by Gasteiger charge is -2.22. The average Bonchev–Trinajstić information content (AvgIpc) is 3.01. The molecule has 1 fully saturated rings. The molecule has 13 heteroatoms. The van der Waals surface area contributed by atoms with Gasteiger partial charge < -0.3 is 29.7 Å². The summed E-state index contributed by atoms with van der Waals surface area (Å²) in [5, 5.41) is 0. The van der Waals surface area contributed by atoms with Gasteiger partial charge in [-0.1, -0.05) is 11.8 Å². The predicted molar refractivity (Wildman–Crippen MR) is 99.7 cm³/mol. The van der Waals surface area contributed by atoms with Crippen LogP contribution >= 0.6 is 7.82 Å². The molecular weight excluding hydrogens is 409 g/mol. The molecule has 1 unspecified atom stereocenters. The van der Waals surface area contributed by atoms with Gasteiger partial charge in [0.25, 0.3) is 5.56 Å². The Morgan fingerprint density at radius 3 is 2.83 bits per heavy atom. The second-order valence-corrected chi connectivity index (χ2v) is 7.30. The second-order valence-electron chi connectivity index (χ2n) is 6.06. The summed E-state index contributed by atoms with van der Waals surface area (Å²) < 4.78 is 33.5. The first-order valence-corrected chi connectivity index (χ1v) is 10.3. The molecule has 1 aliphatic heterocycles. The standard InChI is InChI=1S/C16H24N3O9P/c1-3-25-10(2)27-12-7-14(28-13(12)9-26-29(22,23)24)19-8-11(5-4-6-17)15(20)18-16(19)21/h8,10,12-14H,3,6-7,9,17H2,1-2H3,(H,18,20,21)(H2,22,23,24)/t10-,12?,13+,14+/m0/s1. The summed E-state index contributed by atoms with van der Waals surface area (Å²) in [6.45, 7) is 3.40. The molecule has 2 heterocycles. The average molecular weight is 433 g/mol. The van der Waals surface area contributed by atoms with Crippen LogP contribution in [0.3, 0.4) is 0 Å². The highest BCUT2D eigenvalue weighted by atomic mass is 31.2. The maximum absolute atomic E-state index is 12.2. The maximum atomic E-state index is 12.2. The SMILES string of the molecule is CCO[C@H](C)OC1C[C@H](n2cc(C#CCN)c(=O)[nH]c2=O)O[C@@H]1COP(=O)(O)O. The Kier molecular flexibility index (Phi) is 8.33. The molecule has 12 nitrogen and oxygen atoms in total. The van der Waals surface area contributed by atoms with Crippen molar-refractivity contribution in [2.24, 2.45) is 5.73 Å². The van der Waals surface area contributed by atoms with E-state index in [1.54, 1.807) is 13.8 Å². The number of H-pyrrole nitrogens is 1. The highest BCUT2D eigenvalue weighted by Gasteiger charge is 2.40. The van der Waals surface area contributed by atoms with Gasteiger partial charge in [-0.15, -0.1) is 0 Å². The van der Waals surface area contributed by atoms with Crippen LogP contribution in [0.2, 0.25) is 0 Å². The molecule has 5 N–H and O–H groups in total. The number of aromatic nitrogens is 2. The van der Waals surface area contributed by atoms with E-state index in [1.165, 1.54) is 6.20 Å². The van der Waals surface area contributed by atoms with E-state index in [4.69, 9.17) is 29.7 Å². The molecule has 1 saturated heterocycles. The number of nitrogens with two attached hydrogens (primary N) is 1. The minimum Gasteiger partial charge on any atom is -0.353 e. The number of rotatable bonds is 8. The Labute approximate surface area is 166 Å². The zero-order valence-corrected chi connectivity index (χ0v) is 16.8. The Hall–Kier alpha value is -1.81. The summed E-state index contributed by atoms with van der Waals surface area (Å²) in [7, 11) is -4.73. The van der Waals surface area contributed by atoms with Crippen molar-refractivity contribution in [1.29, 1.82) is 0 Å².